The van der Waals surface area contributed by atoms with Crippen LogP contribution in [0.25, 0.3) is 11.4 Å². The Bertz CT molecular complexity index is 1210. The number of nitrogens with zero attached hydrogens (tertiary/aromatic N) is 6. The van der Waals surface area contributed by atoms with E-state index in [4.69, 9.17) is 0 Å². The number of rotatable bonds is 10. The first kappa shape index (κ1) is 26.5. The van der Waals surface area contributed by atoms with Crippen molar-refractivity contribution >= 4 is 17.6 Å². The molecule has 0 spiro atoms. The van der Waals surface area contributed by atoms with Gasteiger partial charge in [-0.3, -0.25) is 4.79 Å². The number of nitrogens with one attached hydrogen (secondary N) is 2. The van der Waals surface area contributed by atoms with Gasteiger partial charge in [0.2, 0.25) is 0 Å². The number of carbonyl (C=O) groups is 2. The third-order valence-corrected chi connectivity index (χ3v) is 5.44. The second-order valence-corrected chi connectivity index (χ2v) is 8.74. The van der Waals surface area contributed by atoms with Gasteiger partial charge in [0.15, 0.2) is 17.4 Å². The molecule has 0 fully saturated rings. The molecule has 0 saturated carbocycles. The molecule has 1 heterocycles. The maximum Gasteiger partial charge on any atom is 0.319 e. The van der Waals surface area contributed by atoms with Crippen LogP contribution in [0.5, 0.6) is 5.75 Å². The summed E-state index contributed by atoms with van der Waals surface area (Å²) in [5.74, 6) is -0.737. The molecule has 11 nitrogen and oxygen atoms in total. The highest BCUT2D eigenvalue weighted by atomic mass is 19.1. The Hall–Kier alpha value is -4.06. The minimum absolute atomic E-state index is 0.213. The van der Waals surface area contributed by atoms with Gasteiger partial charge in [0.25, 0.3) is 5.91 Å². The third-order valence-electron chi connectivity index (χ3n) is 5.44. The molecule has 0 aliphatic carbocycles. The summed E-state index contributed by atoms with van der Waals surface area (Å²) in [6, 6.07) is 8.93. The highest BCUT2D eigenvalue weighted by Gasteiger charge is 2.15. The lowest BCUT2D eigenvalue weighted by molar-refractivity contribution is 0.0827. The molecule has 0 bridgehead atoms. The van der Waals surface area contributed by atoms with Gasteiger partial charge >= 0.3 is 6.03 Å². The van der Waals surface area contributed by atoms with Crippen molar-refractivity contribution in [2.24, 2.45) is 7.05 Å². The van der Waals surface area contributed by atoms with Gasteiger partial charge in [-0.25, -0.2) is 13.9 Å². The number of carbonyl (C=O) groups excluding carboxylic acids is 2. The highest BCUT2D eigenvalue weighted by Crippen LogP contribution is 2.23. The van der Waals surface area contributed by atoms with Crippen LogP contribution in [-0.2, 0) is 13.6 Å². The summed E-state index contributed by atoms with van der Waals surface area (Å²) in [5.41, 5.74) is 2.26. The van der Waals surface area contributed by atoms with Gasteiger partial charge in [-0.15, -0.1) is 5.10 Å². The molecular weight excluding hydrogens is 467 g/mol. The van der Waals surface area contributed by atoms with Gasteiger partial charge < -0.3 is 25.5 Å². The van der Waals surface area contributed by atoms with Gasteiger partial charge in [0.1, 0.15) is 0 Å². The number of phenolic OH excluding ortho intramolecular Hbond substituents is 1. The lowest BCUT2D eigenvalue weighted by Gasteiger charge is -2.17. The van der Waals surface area contributed by atoms with Crippen LogP contribution >= 0.6 is 0 Å². The third kappa shape index (κ3) is 7.22. The van der Waals surface area contributed by atoms with Gasteiger partial charge in [-0.1, -0.05) is 6.07 Å². The van der Waals surface area contributed by atoms with E-state index in [0.717, 1.165) is 24.9 Å². The number of urea groups is 1. The predicted molar refractivity (Wildman–Crippen MR) is 133 cm³/mol. The topological polar surface area (TPSA) is 129 Å². The second-order valence-electron chi connectivity index (χ2n) is 8.74. The fourth-order valence-electron chi connectivity index (χ4n) is 3.62. The van der Waals surface area contributed by atoms with E-state index in [1.807, 2.05) is 7.05 Å². The molecule has 192 valence electrons. The molecule has 2 aromatic carbocycles. The molecule has 3 N–H and O–H groups in total. The first-order chi connectivity index (χ1) is 17.1. The van der Waals surface area contributed by atoms with Crippen LogP contribution in [-0.4, -0.2) is 81.3 Å². The lowest BCUT2D eigenvalue weighted by atomic mass is 10.1. The molecule has 1 aromatic heterocycles. The molecule has 12 heteroatoms. The summed E-state index contributed by atoms with van der Waals surface area (Å²) in [6.45, 7) is 1.81. The number of aromatic nitrogens is 4. The van der Waals surface area contributed by atoms with Crippen molar-refractivity contribution in [2.45, 2.75) is 19.4 Å². The molecule has 0 aliphatic heterocycles. The number of hydrogen-bond acceptors (Lipinski definition) is 7. The number of halogens is 1. The summed E-state index contributed by atoms with van der Waals surface area (Å²) in [7, 11) is 6.93. The van der Waals surface area contributed by atoms with Crippen molar-refractivity contribution in [3.05, 3.63) is 53.3 Å². The number of aryl methyl sites for hydroxylation is 1. The van der Waals surface area contributed by atoms with Crippen molar-refractivity contribution in [2.75, 3.05) is 39.5 Å². The predicted octanol–water partition coefficient (Wildman–Crippen LogP) is 2.46. The SMILES string of the molecule is CN(CCCCNC(=O)Nc1cc(C(=O)N(C)C)cc(-c2nnnn2C)c1)Cc1ccc(F)c(O)c1. The molecular formula is C24H31FN8O3. The number of amides is 3. The number of phenols is 1. The molecule has 0 unspecified atom stereocenters. The Balaban J connectivity index is 1.50. The lowest BCUT2D eigenvalue weighted by Crippen LogP contribution is -2.30. The van der Waals surface area contributed by atoms with E-state index in [0.29, 0.717) is 35.7 Å². The number of aromatic hydroxyl groups is 1. The Kier molecular flexibility index (Phi) is 8.90. The Morgan fingerprint density at radius 2 is 1.89 bits per heavy atom. The second kappa shape index (κ2) is 12.1. The normalized spacial score (nSPS) is 10.9. The van der Waals surface area contributed by atoms with E-state index >= 15 is 0 Å². The highest BCUT2D eigenvalue weighted by molar-refractivity contribution is 5.98. The monoisotopic (exact) mass is 498 g/mol. The van der Waals surface area contributed by atoms with E-state index < -0.39 is 5.82 Å². The summed E-state index contributed by atoms with van der Waals surface area (Å²) in [6.07, 6.45) is 1.58. The fourth-order valence-corrected chi connectivity index (χ4v) is 3.62. The Labute approximate surface area is 208 Å². The van der Waals surface area contributed by atoms with Gasteiger partial charge in [-0.05, 0) is 72.8 Å². The molecule has 0 atom stereocenters. The van der Waals surface area contributed by atoms with Crippen LogP contribution in [0, 0.1) is 5.82 Å². The Morgan fingerprint density at radius 1 is 1.11 bits per heavy atom. The summed E-state index contributed by atoms with van der Waals surface area (Å²) in [5, 5.41) is 26.5. The largest absolute Gasteiger partial charge is 0.505 e. The molecule has 3 rings (SSSR count). The zero-order valence-electron chi connectivity index (χ0n) is 20.8. The first-order valence-corrected chi connectivity index (χ1v) is 11.4. The van der Waals surface area contributed by atoms with E-state index in [-0.39, 0.29) is 17.7 Å². The number of unbranched alkanes of at least 4 members (excludes halogenated alkanes) is 1. The summed E-state index contributed by atoms with van der Waals surface area (Å²) < 4.78 is 14.7. The average molecular weight is 499 g/mol. The molecule has 3 amide bonds. The van der Waals surface area contributed by atoms with Crippen LogP contribution in [0.15, 0.2) is 36.4 Å². The molecule has 3 aromatic rings. The molecule has 0 saturated heterocycles. The maximum atomic E-state index is 13.2. The van der Waals surface area contributed by atoms with E-state index in [1.54, 1.807) is 45.4 Å². The van der Waals surface area contributed by atoms with Crippen molar-refractivity contribution in [3.8, 4) is 17.1 Å². The zero-order valence-corrected chi connectivity index (χ0v) is 20.8. The van der Waals surface area contributed by atoms with E-state index in [9.17, 15) is 19.1 Å². The number of hydrogen-bond donors (Lipinski definition) is 3. The van der Waals surface area contributed by atoms with Crippen molar-refractivity contribution < 1.29 is 19.1 Å². The minimum Gasteiger partial charge on any atom is -0.505 e. The first-order valence-electron chi connectivity index (χ1n) is 11.4. The standard InChI is InChI=1S/C24H31FN8O3/c1-31(2)23(35)18-12-17(22-28-29-30-33(22)4)13-19(14-18)27-24(36)26-9-5-6-10-32(3)15-16-7-8-20(25)21(34)11-16/h7-8,11-14,34H,5-6,9-10,15H2,1-4H3,(H2,26,27,36). The van der Waals surface area contributed by atoms with Gasteiger partial charge in [0, 0.05) is 51.0 Å². The summed E-state index contributed by atoms with van der Waals surface area (Å²) in [4.78, 5) is 28.5. The van der Waals surface area contributed by atoms with Crippen molar-refractivity contribution in [3.63, 3.8) is 0 Å². The Morgan fingerprint density at radius 3 is 2.56 bits per heavy atom. The quantitative estimate of drug-likeness (QED) is 0.366. The van der Waals surface area contributed by atoms with E-state index in [1.165, 1.54) is 21.7 Å². The van der Waals surface area contributed by atoms with Crippen LogP contribution in [0.1, 0.15) is 28.8 Å². The number of anilines is 1. The van der Waals surface area contributed by atoms with Gasteiger partial charge in [0.05, 0.1) is 0 Å². The maximum absolute atomic E-state index is 13.2. The minimum atomic E-state index is -0.636. The number of tetrazole rings is 1. The van der Waals surface area contributed by atoms with E-state index in [2.05, 4.69) is 31.1 Å². The molecule has 0 radical (unpaired) electrons. The smallest absolute Gasteiger partial charge is 0.319 e. The van der Waals surface area contributed by atoms with Crippen molar-refractivity contribution in [1.29, 1.82) is 0 Å². The molecule has 0 aliphatic rings. The fraction of sp³-hybridized carbons (Fsp3) is 0.375. The average Bonchev–Trinajstić information content (AvgIpc) is 3.26. The number of benzene rings is 2. The molecule has 36 heavy (non-hydrogen) atoms. The van der Waals surface area contributed by atoms with Crippen molar-refractivity contribution in [1.82, 2.24) is 35.3 Å². The van der Waals surface area contributed by atoms with Gasteiger partial charge in [-0.2, -0.15) is 0 Å². The zero-order chi connectivity index (χ0) is 26.2. The van der Waals surface area contributed by atoms with Crippen LogP contribution in [0.4, 0.5) is 14.9 Å². The van der Waals surface area contributed by atoms with Crippen LogP contribution < -0.4 is 10.6 Å². The van der Waals surface area contributed by atoms with Crippen LogP contribution in [0.2, 0.25) is 0 Å². The summed E-state index contributed by atoms with van der Waals surface area (Å²) >= 11 is 0. The van der Waals surface area contributed by atoms with Crippen LogP contribution in [0.3, 0.4) is 0 Å².